The highest BCUT2D eigenvalue weighted by Gasteiger charge is 2.24. The smallest absolute Gasteiger partial charge is 0.263 e. The molecule has 1 atom stereocenters. The minimum absolute atomic E-state index is 0.0706. The van der Waals surface area contributed by atoms with Crippen LogP contribution in [0.2, 0.25) is 0 Å². The lowest BCUT2D eigenvalue weighted by Gasteiger charge is -2.33. The second kappa shape index (κ2) is 6.36. The van der Waals surface area contributed by atoms with Crippen LogP contribution in [0.15, 0.2) is 42.5 Å². The Hall–Kier alpha value is -2.07. The number of ether oxygens (including phenoxy) is 1. The van der Waals surface area contributed by atoms with E-state index in [9.17, 15) is 4.79 Å². The van der Waals surface area contributed by atoms with Crippen LogP contribution in [-0.2, 0) is 4.79 Å². The van der Waals surface area contributed by atoms with Gasteiger partial charge in [-0.05, 0) is 36.9 Å². The van der Waals surface area contributed by atoms with Gasteiger partial charge in [0.15, 0.2) is 6.10 Å². The normalized spacial score (nSPS) is 17.5. The average Bonchev–Trinajstić information content (AvgIpc) is 2.55. The number of nitrogens with zero attached hydrogens (tertiary/aromatic N) is 2. The summed E-state index contributed by atoms with van der Waals surface area (Å²) in [7, 11) is 2.08. The third-order valence-corrected chi connectivity index (χ3v) is 4.20. The summed E-state index contributed by atoms with van der Waals surface area (Å²) in [6.45, 7) is 5.24. The van der Waals surface area contributed by atoms with Crippen LogP contribution >= 0.6 is 0 Å². The van der Waals surface area contributed by atoms with Crippen LogP contribution in [0, 0.1) is 0 Å². The highest BCUT2D eigenvalue weighted by molar-refractivity contribution is 5.84. The Kier molecular flexibility index (Phi) is 4.29. The van der Waals surface area contributed by atoms with Gasteiger partial charge in [-0.1, -0.05) is 30.3 Å². The van der Waals surface area contributed by atoms with Crippen molar-refractivity contribution in [3.05, 3.63) is 42.5 Å². The van der Waals surface area contributed by atoms with Gasteiger partial charge in [0.05, 0.1) is 0 Å². The van der Waals surface area contributed by atoms with Crippen molar-refractivity contribution in [3.63, 3.8) is 0 Å². The van der Waals surface area contributed by atoms with E-state index in [0.29, 0.717) is 0 Å². The lowest BCUT2D eigenvalue weighted by atomic mass is 10.1. The van der Waals surface area contributed by atoms with Crippen LogP contribution in [0.3, 0.4) is 0 Å². The van der Waals surface area contributed by atoms with Gasteiger partial charge in [-0.15, -0.1) is 0 Å². The van der Waals surface area contributed by atoms with Crippen molar-refractivity contribution >= 4 is 16.7 Å². The fourth-order valence-corrected chi connectivity index (χ4v) is 2.78. The summed E-state index contributed by atoms with van der Waals surface area (Å²) in [6.07, 6.45) is -0.454. The highest BCUT2D eigenvalue weighted by Crippen LogP contribution is 2.21. The fraction of sp³-hybridized carbons (Fsp3) is 0.389. The Morgan fingerprint density at radius 1 is 1.05 bits per heavy atom. The van der Waals surface area contributed by atoms with Gasteiger partial charge in [0.1, 0.15) is 5.75 Å². The maximum atomic E-state index is 12.5. The van der Waals surface area contributed by atoms with Crippen molar-refractivity contribution in [2.24, 2.45) is 0 Å². The lowest BCUT2D eigenvalue weighted by Crippen LogP contribution is -2.50. The summed E-state index contributed by atoms with van der Waals surface area (Å²) >= 11 is 0. The predicted octanol–water partition coefficient (Wildman–Crippen LogP) is 2.38. The largest absolute Gasteiger partial charge is 0.481 e. The van der Waals surface area contributed by atoms with Crippen molar-refractivity contribution in [1.29, 1.82) is 0 Å². The van der Waals surface area contributed by atoms with Gasteiger partial charge in [-0.3, -0.25) is 4.79 Å². The second-order valence-corrected chi connectivity index (χ2v) is 5.90. The van der Waals surface area contributed by atoms with Crippen molar-refractivity contribution in [2.75, 3.05) is 33.2 Å². The molecule has 1 heterocycles. The average molecular weight is 298 g/mol. The standard InChI is InChI=1S/C18H22N2O2/c1-14(18(21)20-11-9-19(2)10-12-20)22-17-8-7-15-5-3-4-6-16(15)13-17/h3-8,13-14H,9-12H2,1-2H3/t14-/m0/s1. The molecule has 0 aliphatic carbocycles. The van der Waals surface area contributed by atoms with Crippen molar-refractivity contribution in [2.45, 2.75) is 13.0 Å². The van der Waals surface area contributed by atoms with Gasteiger partial charge < -0.3 is 14.5 Å². The number of rotatable bonds is 3. The zero-order valence-corrected chi connectivity index (χ0v) is 13.2. The van der Waals surface area contributed by atoms with Crippen molar-refractivity contribution in [3.8, 4) is 5.75 Å². The highest BCUT2D eigenvalue weighted by atomic mass is 16.5. The Labute approximate surface area is 131 Å². The third kappa shape index (κ3) is 3.22. The first-order chi connectivity index (χ1) is 10.6. The molecule has 0 aromatic heterocycles. The molecule has 1 amide bonds. The number of benzene rings is 2. The van der Waals surface area contributed by atoms with Crippen LogP contribution in [0.5, 0.6) is 5.75 Å². The van der Waals surface area contributed by atoms with E-state index in [4.69, 9.17) is 4.74 Å². The molecule has 0 N–H and O–H groups in total. The molecule has 1 aliphatic rings. The third-order valence-electron chi connectivity index (χ3n) is 4.20. The minimum Gasteiger partial charge on any atom is -0.481 e. The van der Waals surface area contributed by atoms with Crippen molar-refractivity contribution < 1.29 is 9.53 Å². The summed E-state index contributed by atoms with van der Waals surface area (Å²) in [5.41, 5.74) is 0. The van der Waals surface area contributed by atoms with Gasteiger partial charge in [0.2, 0.25) is 0 Å². The van der Waals surface area contributed by atoms with Gasteiger partial charge in [0, 0.05) is 26.2 Å². The molecule has 1 aliphatic heterocycles. The first-order valence-electron chi connectivity index (χ1n) is 7.76. The van der Waals surface area contributed by atoms with E-state index in [0.717, 1.165) is 37.3 Å². The maximum Gasteiger partial charge on any atom is 0.263 e. The van der Waals surface area contributed by atoms with E-state index in [1.54, 1.807) is 0 Å². The number of fused-ring (bicyclic) bond motifs is 1. The van der Waals surface area contributed by atoms with Crippen LogP contribution in [0.4, 0.5) is 0 Å². The molecule has 2 aromatic carbocycles. The molecule has 4 heteroatoms. The van der Waals surface area contributed by atoms with Crippen LogP contribution in [0.1, 0.15) is 6.92 Å². The molecule has 1 fully saturated rings. The quantitative estimate of drug-likeness (QED) is 0.872. The topological polar surface area (TPSA) is 32.8 Å². The number of piperazine rings is 1. The van der Waals surface area contributed by atoms with E-state index in [1.165, 1.54) is 5.39 Å². The molecule has 2 aromatic rings. The lowest BCUT2D eigenvalue weighted by molar-refractivity contribution is -0.139. The first kappa shape index (κ1) is 14.9. The van der Waals surface area contributed by atoms with Gasteiger partial charge in [0.25, 0.3) is 5.91 Å². The van der Waals surface area contributed by atoms with Gasteiger partial charge in [-0.25, -0.2) is 0 Å². The maximum absolute atomic E-state index is 12.5. The molecular weight excluding hydrogens is 276 g/mol. The minimum atomic E-state index is -0.454. The molecule has 4 nitrogen and oxygen atoms in total. The van der Waals surface area contributed by atoms with E-state index in [2.05, 4.69) is 24.1 Å². The monoisotopic (exact) mass is 298 g/mol. The number of likely N-dealkylation sites (N-methyl/N-ethyl adjacent to an activating group) is 1. The van der Waals surface area contributed by atoms with E-state index >= 15 is 0 Å². The zero-order chi connectivity index (χ0) is 15.5. The van der Waals surface area contributed by atoms with Gasteiger partial charge >= 0.3 is 0 Å². The van der Waals surface area contributed by atoms with E-state index < -0.39 is 6.10 Å². The van der Waals surface area contributed by atoms with Gasteiger partial charge in [-0.2, -0.15) is 0 Å². The van der Waals surface area contributed by atoms with Crippen LogP contribution in [-0.4, -0.2) is 55.0 Å². The summed E-state index contributed by atoms with van der Waals surface area (Å²) in [4.78, 5) is 16.6. The second-order valence-electron chi connectivity index (χ2n) is 5.90. The number of hydrogen-bond donors (Lipinski definition) is 0. The van der Waals surface area contributed by atoms with Crippen LogP contribution < -0.4 is 4.74 Å². The molecule has 0 bridgehead atoms. The number of carbonyl (C=O) groups is 1. The summed E-state index contributed by atoms with van der Waals surface area (Å²) in [6, 6.07) is 14.1. The summed E-state index contributed by atoms with van der Waals surface area (Å²) < 4.78 is 5.86. The SMILES string of the molecule is C[C@H](Oc1ccc2ccccc2c1)C(=O)N1CCN(C)CC1. The Balaban J connectivity index is 1.67. The molecule has 1 saturated heterocycles. The molecule has 0 spiro atoms. The molecular formula is C18H22N2O2. The molecule has 3 rings (SSSR count). The molecule has 0 radical (unpaired) electrons. The molecule has 116 valence electrons. The number of carbonyl (C=O) groups excluding carboxylic acids is 1. The number of hydrogen-bond acceptors (Lipinski definition) is 3. The molecule has 0 unspecified atom stereocenters. The van der Waals surface area contributed by atoms with E-state index in [1.807, 2.05) is 42.2 Å². The Bertz CT molecular complexity index is 663. The summed E-state index contributed by atoms with van der Waals surface area (Å²) in [5.74, 6) is 0.815. The first-order valence-corrected chi connectivity index (χ1v) is 7.76. The summed E-state index contributed by atoms with van der Waals surface area (Å²) in [5, 5.41) is 2.30. The molecule has 22 heavy (non-hydrogen) atoms. The predicted molar refractivity (Wildman–Crippen MR) is 88.1 cm³/mol. The Morgan fingerprint density at radius 3 is 2.45 bits per heavy atom. The fourth-order valence-electron chi connectivity index (χ4n) is 2.78. The molecule has 0 saturated carbocycles. The van der Waals surface area contributed by atoms with Crippen LogP contribution in [0.25, 0.3) is 10.8 Å². The zero-order valence-electron chi connectivity index (χ0n) is 13.2. The number of amides is 1. The van der Waals surface area contributed by atoms with Crippen molar-refractivity contribution in [1.82, 2.24) is 9.80 Å². The van der Waals surface area contributed by atoms with E-state index in [-0.39, 0.29) is 5.91 Å². The Morgan fingerprint density at radius 2 is 1.73 bits per heavy atom.